The average molecular weight is 430 g/mol. The second-order valence-electron chi connectivity index (χ2n) is 7.02. The number of thiophene rings is 1. The summed E-state index contributed by atoms with van der Waals surface area (Å²) in [5, 5.41) is 3.56. The molecule has 0 radical (unpaired) electrons. The summed E-state index contributed by atoms with van der Waals surface area (Å²) in [6.07, 6.45) is 1.27. The molecule has 1 aliphatic heterocycles. The fourth-order valence-electron chi connectivity index (χ4n) is 3.41. The molecule has 1 N–H and O–H groups in total. The van der Waals surface area contributed by atoms with E-state index in [0.717, 1.165) is 16.1 Å². The molecule has 3 heterocycles. The van der Waals surface area contributed by atoms with Crippen molar-refractivity contribution in [3.05, 3.63) is 77.4 Å². The largest absolute Gasteiger partial charge is 0.275 e. The lowest BCUT2D eigenvalue weighted by Crippen LogP contribution is -2.36. The zero-order valence-electron chi connectivity index (χ0n) is 16.3. The minimum atomic E-state index is -0.474. The van der Waals surface area contributed by atoms with Crippen molar-refractivity contribution in [1.29, 1.82) is 0 Å². The fourth-order valence-corrected chi connectivity index (χ4v) is 4.36. The van der Waals surface area contributed by atoms with Crippen molar-refractivity contribution in [3.8, 4) is 22.5 Å². The lowest BCUT2D eigenvalue weighted by Gasteiger charge is -2.18. The zero-order chi connectivity index (χ0) is 21.5. The van der Waals surface area contributed by atoms with Crippen LogP contribution in [-0.2, 0) is 9.59 Å². The Bertz CT molecular complexity index is 1380. The number of hydrogen-bond acceptors (Lipinski definition) is 6. The third-order valence-electron chi connectivity index (χ3n) is 4.92. The normalized spacial score (nSPS) is 13.7. The molecule has 2 amide bonds. The number of hydrazine groups is 1. The highest BCUT2D eigenvalue weighted by atomic mass is 32.1. The van der Waals surface area contributed by atoms with Crippen LogP contribution in [0.3, 0.4) is 0 Å². The molecule has 0 unspecified atom stereocenters. The van der Waals surface area contributed by atoms with Crippen LogP contribution < -0.4 is 5.43 Å². The summed E-state index contributed by atoms with van der Waals surface area (Å²) in [6, 6.07) is 15.7. The number of imide groups is 1. The summed E-state index contributed by atoms with van der Waals surface area (Å²) in [7, 11) is 0. The van der Waals surface area contributed by atoms with Crippen LogP contribution in [0.15, 0.2) is 71.6 Å². The van der Waals surface area contributed by atoms with E-state index in [1.807, 2.05) is 35.7 Å². The van der Waals surface area contributed by atoms with Crippen LogP contribution in [0.4, 0.5) is 10.2 Å². The van der Waals surface area contributed by atoms with Crippen LogP contribution in [0.2, 0.25) is 0 Å². The van der Waals surface area contributed by atoms with E-state index >= 15 is 0 Å². The number of hydrogen-bond donors (Lipinski definition) is 1. The smallest absolute Gasteiger partial charge is 0.271 e. The third-order valence-corrected chi connectivity index (χ3v) is 5.79. The molecule has 152 valence electrons. The van der Waals surface area contributed by atoms with Gasteiger partial charge in [0.1, 0.15) is 10.6 Å². The molecule has 0 saturated heterocycles. The Hall–Kier alpha value is -3.91. The van der Waals surface area contributed by atoms with Gasteiger partial charge in [-0.1, -0.05) is 42.5 Å². The summed E-state index contributed by atoms with van der Waals surface area (Å²) in [5.74, 6) is -0.732. The Morgan fingerprint density at radius 1 is 1.00 bits per heavy atom. The molecule has 8 heteroatoms. The average Bonchev–Trinajstić information content (AvgIpc) is 3.31. The summed E-state index contributed by atoms with van der Waals surface area (Å²) in [6.45, 7) is 1.58. The van der Waals surface area contributed by atoms with E-state index < -0.39 is 17.6 Å². The summed E-state index contributed by atoms with van der Waals surface area (Å²) >= 11 is 1.41. The molecule has 0 atom stereocenters. The zero-order valence-corrected chi connectivity index (χ0v) is 17.1. The van der Waals surface area contributed by atoms with E-state index in [1.165, 1.54) is 29.5 Å². The van der Waals surface area contributed by atoms with E-state index in [-0.39, 0.29) is 0 Å². The number of fused-ring (bicyclic) bond motifs is 1. The standard InChI is InChI=1S/C23H15FN4O2S/c1-13-10-18(29)28(23(13)30)27-21-19-17(14-6-3-2-4-7-14)12-31-22(19)26-20(25-21)15-8-5-9-16(24)11-15/h2-12H,1H3,(H,25,26,27). The number of anilines is 1. The van der Waals surface area contributed by atoms with E-state index in [9.17, 15) is 14.0 Å². The number of carbonyl (C=O) groups is 2. The number of halogens is 1. The molecule has 0 fully saturated rings. The van der Waals surface area contributed by atoms with Gasteiger partial charge in [-0.05, 0) is 24.6 Å². The number of carbonyl (C=O) groups excluding carboxylic acids is 2. The summed E-state index contributed by atoms with van der Waals surface area (Å²) in [5.41, 5.74) is 5.53. The van der Waals surface area contributed by atoms with Crippen molar-refractivity contribution in [2.75, 3.05) is 5.43 Å². The second-order valence-corrected chi connectivity index (χ2v) is 7.88. The minimum absolute atomic E-state index is 0.291. The van der Waals surface area contributed by atoms with Gasteiger partial charge in [-0.3, -0.25) is 15.0 Å². The number of benzene rings is 2. The number of rotatable bonds is 4. The SMILES string of the molecule is CC1=CC(=O)N(Nc2nc(-c3cccc(F)c3)nc3scc(-c4ccccc4)c23)C1=O. The topological polar surface area (TPSA) is 75.2 Å². The van der Waals surface area contributed by atoms with Gasteiger partial charge in [-0.2, -0.15) is 5.01 Å². The molecular weight excluding hydrogens is 415 g/mol. The molecule has 0 bridgehead atoms. The van der Waals surface area contributed by atoms with Crippen LogP contribution in [-0.4, -0.2) is 26.8 Å². The molecular formula is C23H15FN4O2S. The Labute approximate surface area is 180 Å². The summed E-state index contributed by atoms with van der Waals surface area (Å²) in [4.78, 5) is 34.6. The van der Waals surface area contributed by atoms with Gasteiger partial charge in [0.05, 0.1) is 5.39 Å². The quantitative estimate of drug-likeness (QED) is 0.471. The first kappa shape index (κ1) is 19.1. The molecule has 4 aromatic rings. The molecule has 0 spiro atoms. The highest BCUT2D eigenvalue weighted by Crippen LogP contribution is 2.38. The van der Waals surface area contributed by atoms with E-state index in [0.29, 0.717) is 33.0 Å². The van der Waals surface area contributed by atoms with Crippen LogP contribution in [0.5, 0.6) is 0 Å². The van der Waals surface area contributed by atoms with Crippen molar-refractivity contribution >= 4 is 39.2 Å². The Kier molecular flexibility index (Phi) is 4.56. The van der Waals surface area contributed by atoms with Gasteiger partial charge < -0.3 is 0 Å². The van der Waals surface area contributed by atoms with E-state index in [1.54, 1.807) is 19.1 Å². The molecule has 0 saturated carbocycles. The molecule has 31 heavy (non-hydrogen) atoms. The highest BCUT2D eigenvalue weighted by molar-refractivity contribution is 7.17. The third kappa shape index (κ3) is 3.36. The van der Waals surface area contributed by atoms with Gasteiger partial charge in [0.25, 0.3) is 11.8 Å². The number of nitrogens with one attached hydrogen (secondary N) is 1. The van der Waals surface area contributed by atoms with Gasteiger partial charge in [0.2, 0.25) is 0 Å². The van der Waals surface area contributed by atoms with Crippen molar-refractivity contribution in [3.63, 3.8) is 0 Å². The van der Waals surface area contributed by atoms with Crippen LogP contribution in [0.1, 0.15) is 6.92 Å². The first-order valence-electron chi connectivity index (χ1n) is 9.45. The van der Waals surface area contributed by atoms with Crippen molar-refractivity contribution in [2.45, 2.75) is 6.92 Å². The van der Waals surface area contributed by atoms with Gasteiger partial charge >= 0.3 is 0 Å². The van der Waals surface area contributed by atoms with E-state index in [4.69, 9.17) is 0 Å². The van der Waals surface area contributed by atoms with Crippen molar-refractivity contribution < 1.29 is 14.0 Å². The molecule has 1 aliphatic rings. The maximum Gasteiger partial charge on any atom is 0.275 e. The van der Waals surface area contributed by atoms with Crippen LogP contribution in [0.25, 0.3) is 32.7 Å². The first-order chi connectivity index (χ1) is 15.0. The highest BCUT2D eigenvalue weighted by Gasteiger charge is 2.30. The van der Waals surface area contributed by atoms with Crippen LogP contribution >= 0.6 is 11.3 Å². The molecule has 5 rings (SSSR count). The van der Waals surface area contributed by atoms with Crippen molar-refractivity contribution in [1.82, 2.24) is 15.0 Å². The van der Waals surface area contributed by atoms with E-state index in [2.05, 4.69) is 15.4 Å². The summed E-state index contributed by atoms with van der Waals surface area (Å²) < 4.78 is 13.8. The number of nitrogens with zero attached hydrogens (tertiary/aromatic N) is 3. The first-order valence-corrected chi connectivity index (χ1v) is 10.3. The number of amides is 2. The van der Waals surface area contributed by atoms with Gasteiger partial charge in [0, 0.05) is 28.2 Å². The Balaban J connectivity index is 1.70. The molecule has 2 aromatic heterocycles. The van der Waals surface area contributed by atoms with Gasteiger partial charge in [0.15, 0.2) is 11.6 Å². The predicted octanol–water partition coefficient (Wildman–Crippen LogP) is 4.81. The fraction of sp³-hybridized carbons (Fsp3) is 0.0435. The maximum atomic E-state index is 13.8. The Morgan fingerprint density at radius 2 is 1.77 bits per heavy atom. The van der Waals surface area contributed by atoms with Crippen LogP contribution in [0, 0.1) is 5.82 Å². The predicted molar refractivity (Wildman–Crippen MR) is 117 cm³/mol. The maximum absolute atomic E-state index is 13.8. The molecule has 0 aliphatic carbocycles. The van der Waals surface area contributed by atoms with Gasteiger partial charge in [-0.25, -0.2) is 14.4 Å². The lowest BCUT2D eigenvalue weighted by atomic mass is 10.1. The number of aromatic nitrogens is 2. The Morgan fingerprint density at radius 3 is 2.48 bits per heavy atom. The second kappa shape index (κ2) is 7.41. The monoisotopic (exact) mass is 430 g/mol. The molecule has 2 aromatic carbocycles. The lowest BCUT2D eigenvalue weighted by molar-refractivity contribution is -0.135. The van der Waals surface area contributed by atoms with Crippen molar-refractivity contribution in [2.24, 2.45) is 0 Å². The van der Waals surface area contributed by atoms with Gasteiger partial charge in [-0.15, -0.1) is 11.3 Å². The minimum Gasteiger partial charge on any atom is -0.271 e. The molecule has 6 nitrogen and oxygen atoms in total.